The van der Waals surface area contributed by atoms with Gasteiger partial charge < -0.3 is 5.32 Å². The van der Waals surface area contributed by atoms with Crippen LogP contribution in [0.15, 0.2) is 46.9 Å². The van der Waals surface area contributed by atoms with Gasteiger partial charge in [0.1, 0.15) is 0 Å². The molecule has 0 aliphatic rings. The van der Waals surface area contributed by atoms with E-state index in [4.69, 9.17) is 23.2 Å². The van der Waals surface area contributed by atoms with Crippen molar-refractivity contribution in [3.63, 3.8) is 0 Å². The van der Waals surface area contributed by atoms with E-state index in [1.165, 1.54) is 5.56 Å². The van der Waals surface area contributed by atoms with Crippen LogP contribution in [-0.2, 0) is 16.3 Å². The molecule has 134 valence electrons. The quantitative estimate of drug-likeness (QED) is 0.445. The second-order valence-corrected chi connectivity index (χ2v) is 9.05. The minimum atomic E-state index is 0.0661. The maximum atomic E-state index is 11.8. The van der Waals surface area contributed by atoms with Crippen molar-refractivity contribution >= 4 is 68.6 Å². The van der Waals surface area contributed by atoms with E-state index < -0.39 is 0 Å². The summed E-state index contributed by atoms with van der Waals surface area (Å²) in [5.74, 6) is 2.92. The number of thioether (sulfide) groups is 2. The summed E-state index contributed by atoms with van der Waals surface area (Å²) in [5, 5.41) is 4.32. The molecule has 0 radical (unpaired) electrons. The van der Waals surface area contributed by atoms with Gasteiger partial charge >= 0.3 is 0 Å². The van der Waals surface area contributed by atoms with Crippen LogP contribution in [0, 0.1) is 0 Å². The Bertz CT molecular complexity index is 695. The lowest BCUT2D eigenvalue weighted by Crippen LogP contribution is -2.27. The predicted molar refractivity (Wildman–Crippen MR) is 116 cm³/mol. The zero-order valence-corrected chi connectivity index (χ0v) is 18.2. The summed E-state index contributed by atoms with van der Waals surface area (Å²) in [6, 6.07) is 13.6. The topological polar surface area (TPSA) is 29.1 Å². The summed E-state index contributed by atoms with van der Waals surface area (Å²) in [4.78, 5) is 11.8. The van der Waals surface area contributed by atoms with Crippen LogP contribution >= 0.6 is 62.7 Å². The molecule has 0 aliphatic heterocycles. The smallest absolute Gasteiger partial charge is 0.230 e. The van der Waals surface area contributed by atoms with E-state index in [1.54, 1.807) is 23.5 Å². The zero-order valence-electron chi connectivity index (χ0n) is 13.4. The van der Waals surface area contributed by atoms with Gasteiger partial charge in [0, 0.05) is 38.3 Å². The van der Waals surface area contributed by atoms with Gasteiger partial charge in [-0.05, 0) is 35.4 Å². The molecule has 25 heavy (non-hydrogen) atoms. The SMILES string of the molecule is O=C(CSCc1cccc(Br)c1)NCCSCc1c(Cl)cccc1Cl. The van der Waals surface area contributed by atoms with Crippen molar-refractivity contribution in [1.82, 2.24) is 5.32 Å². The van der Waals surface area contributed by atoms with E-state index in [9.17, 15) is 4.79 Å². The molecule has 1 amide bonds. The second-order valence-electron chi connectivity index (χ2n) is 5.23. The molecule has 0 aromatic heterocycles. The molecule has 2 aromatic rings. The lowest BCUT2D eigenvalue weighted by Gasteiger charge is -2.08. The molecule has 2 aromatic carbocycles. The van der Waals surface area contributed by atoms with E-state index in [0.29, 0.717) is 22.3 Å². The van der Waals surface area contributed by atoms with E-state index in [1.807, 2.05) is 30.3 Å². The van der Waals surface area contributed by atoms with Crippen LogP contribution in [0.2, 0.25) is 10.0 Å². The third-order valence-corrected chi connectivity index (χ3v) is 6.46. The molecule has 0 heterocycles. The third kappa shape index (κ3) is 7.83. The Morgan fingerprint density at radius 2 is 1.76 bits per heavy atom. The first-order valence-electron chi connectivity index (χ1n) is 7.66. The molecule has 0 aliphatic carbocycles. The van der Waals surface area contributed by atoms with Crippen molar-refractivity contribution in [3.05, 3.63) is 68.1 Å². The Kier molecular flexibility index (Phi) is 9.56. The maximum absolute atomic E-state index is 11.8. The molecule has 0 unspecified atom stereocenters. The lowest BCUT2D eigenvalue weighted by molar-refractivity contribution is -0.118. The second kappa shape index (κ2) is 11.4. The van der Waals surface area contributed by atoms with Crippen LogP contribution in [0.5, 0.6) is 0 Å². The fourth-order valence-corrected chi connectivity index (χ4v) is 4.89. The summed E-state index contributed by atoms with van der Waals surface area (Å²) in [5.41, 5.74) is 2.16. The van der Waals surface area contributed by atoms with Crippen LogP contribution in [0.3, 0.4) is 0 Å². The molecule has 2 nitrogen and oxygen atoms in total. The lowest BCUT2D eigenvalue weighted by atomic mass is 10.2. The molecule has 0 saturated carbocycles. The number of hydrogen-bond acceptors (Lipinski definition) is 3. The molecule has 1 N–H and O–H groups in total. The van der Waals surface area contributed by atoms with Gasteiger partial charge in [-0.15, -0.1) is 11.8 Å². The Labute approximate surface area is 175 Å². The van der Waals surface area contributed by atoms with Crippen molar-refractivity contribution in [2.45, 2.75) is 11.5 Å². The molecular formula is C18H18BrCl2NOS2. The average molecular weight is 479 g/mol. The van der Waals surface area contributed by atoms with Crippen LogP contribution < -0.4 is 5.32 Å². The molecule has 0 spiro atoms. The van der Waals surface area contributed by atoms with Crippen molar-refractivity contribution in [2.75, 3.05) is 18.1 Å². The third-order valence-electron chi connectivity index (χ3n) is 3.27. The molecule has 0 saturated heterocycles. The van der Waals surface area contributed by atoms with E-state index in [-0.39, 0.29) is 5.91 Å². The number of benzene rings is 2. The van der Waals surface area contributed by atoms with Gasteiger partial charge in [-0.1, -0.05) is 57.3 Å². The summed E-state index contributed by atoms with van der Waals surface area (Å²) in [7, 11) is 0. The van der Waals surface area contributed by atoms with Crippen LogP contribution in [0.1, 0.15) is 11.1 Å². The van der Waals surface area contributed by atoms with Gasteiger partial charge in [-0.25, -0.2) is 0 Å². The number of amides is 1. The maximum Gasteiger partial charge on any atom is 0.230 e. The van der Waals surface area contributed by atoms with Crippen LogP contribution in [0.4, 0.5) is 0 Å². The van der Waals surface area contributed by atoms with Crippen LogP contribution in [0.25, 0.3) is 0 Å². The van der Waals surface area contributed by atoms with Gasteiger partial charge in [-0.3, -0.25) is 4.79 Å². The number of carbonyl (C=O) groups is 1. The van der Waals surface area contributed by atoms with Crippen molar-refractivity contribution < 1.29 is 4.79 Å². The number of nitrogens with one attached hydrogen (secondary N) is 1. The molecule has 2 rings (SSSR count). The van der Waals surface area contributed by atoms with Gasteiger partial charge in [0.25, 0.3) is 0 Å². The highest BCUT2D eigenvalue weighted by molar-refractivity contribution is 9.10. The Morgan fingerprint density at radius 3 is 2.48 bits per heavy atom. The minimum absolute atomic E-state index is 0.0661. The zero-order chi connectivity index (χ0) is 18.1. The molecule has 0 fully saturated rings. The normalized spacial score (nSPS) is 10.7. The van der Waals surface area contributed by atoms with Crippen molar-refractivity contribution in [2.24, 2.45) is 0 Å². The van der Waals surface area contributed by atoms with Crippen LogP contribution in [-0.4, -0.2) is 24.0 Å². The predicted octanol–water partition coefficient (Wildman–Crippen LogP) is 6.04. The minimum Gasteiger partial charge on any atom is -0.355 e. The van der Waals surface area contributed by atoms with E-state index in [2.05, 4.69) is 33.4 Å². The summed E-state index contributed by atoms with van der Waals surface area (Å²) in [6.45, 7) is 0.642. The summed E-state index contributed by atoms with van der Waals surface area (Å²) >= 11 is 19.0. The Morgan fingerprint density at radius 1 is 1.04 bits per heavy atom. The number of carbonyl (C=O) groups excluding carboxylic acids is 1. The molecule has 0 bridgehead atoms. The van der Waals surface area contributed by atoms with E-state index >= 15 is 0 Å². The summed E-state index contributed by atoms with van der Waals surface area (Å²) in [6.07, 6.45) is 0. The monoisotopic (exact) mass is 477 g/mol. The first-order valence-corrected chi connectivity index (χ1v) is 11.5. The first-order chi connectivity index (χ1) is 12.1. The number of halogens is 3. The standard InChI is InChI=1S/C18H18BrCl2NOS2/c19-14-4-1-3-13(9-14)10-25-12-18(23)22-7-8-24-11-15-16(20)5-2-6-17(15)21/h1-6,9H,7-8,10-12H2,(H,22,23). The Balaban J connectivity index is 1.58. The number of hydrogen-bond donors (Lipinski definition) is 1. The summed E-state index contributed by atoms with van der Waals surface area (Å²) < 4.78 is 1.06. The Hall–Kier alpha value is -0.330. The highest BCUT2D eigenvalue weighted by Gasteiger charge is 2.06. The first kappa shape index (κ1) is 21.0. The molecular weight excluding hydrogens is 461 g/mol. The largest absolute Gasteiger partial charge is 0.355 e. The number of rotatable bonds is 9. The van der Waals surface area contributed by atoms with Crippen molar-refractivity contribution in [3.8, 4) is 0 Å². The fourth-order valence-electron chi connectivity index (χ4n) is 2.05. The molecule has 7 heteroatoms. The van der Waals surface area contributed by atoms with Gasteiger partial charge in [0.05, 0.1) is 5.75 Å². The van der Waals surface area contributed by atoms with Crippen molar-refractivity contribution in [1.29, 1.82) is 0 Å². The highest BCUT2D eigenvalue weighted by atomic mass is 79.9. The van der Waals surface area contributed by atoms with Gasteiger partial charge in [0.2, 0.25) is 5.91 Å². The van der Waals surface area contributed by atoms with Gasteiger partial charge in [0.15, 0.2) is 0 Å². The highest BCUT2D eigenvalue weighted by Crippen LogP contribution is 2.28. The fraction of sp³-hybridized carbons (Fsp3) is 0.278. The van der Waals surface area contributed by atoms with Gasteiger partial charge in [-0.2, -0.15) is 11.8 Å². The van der Waals surface area contributed by atoms with E-state index in [0.717, 1.165) is 27.3 Å². The average Bonchev–Trinajstić information content (AvgIpc) is 2.57. The molecule has 0 atom stereocenters.